The van der Waals surface area contributed by atoms with Gasteiger partial charge in [-0.3, -0.25) is 0 Å². The fraction of sp³-hybridized carbons (Fsp3) is 0.636. The summed E-state index contributed by atoms with van der Waals surface area (Å²) in [6.07, 6.45) is 0. The third-order valence-corrected chi connectivity index (χ3v) is 2.00. The van der Waals surface area contributed by atoms with E-state index >= 15 is 0 Å². The van der Waals surface area contributed by atoms with E-state index in [0.717, 1.165) is 0 Å². The van der Waals surface area contributed by atoms with Gasteiger partial charge in [0.25, 0.3) is 0 Å². The average Bonchev–Trinajstić information content (AvgIpc) is 2.26. The third kappa shape index (κ3) is 4.54. The zero-order chi connectivity index (χ0) is 12.9. The Morgan fingerprint density at radius 2 is 2.12 bits per heavy atom. The molecule has 1 aliphatic heterocycles. The molecule has 0 aromatic carbocycles. The molecule has 1 atom stereocenters. The standard InChI is InChI=1S/C11H16O6/c1-8(2)10(13)15-6-9(12)17-11(3)7-14-4-5-16-11/h1,4-7H2,2-3H3. The lowest BCUT2D eigenvalue weighted by atomic mass is 10.3. The molecule has 1 saturated heterocycles. The minimum Gasteiger partial charge on any atom is -0.450 e. The Morgan fingerprint density at radius 3 is 2.65 bits per heavy atom. The molecule has 6 nitrogen and oxygen atoms in total. The highest BCUT2D eigenvalue weighted by Crippen LogP contribution is 2.17. The van der Waals surface area contributed by atoms with Gasteiger partial charge in [-0.05, 0) is 6.92 Å². The molecule has 0 aromatic rings. The van der Waals surface area contributed by atoms with E-state index in [1.165, 1.54) is 6.92 Å². The lowest BCUT2D eigenvalue weighted by molar-refractivity contribution is -0.272. The zero-order valence-electron chi connectivity index (χ0n) is 9.99. The molecule has 6 heteroatoms. The number of hydrogen-bond donors (Lipinski definition) is 0. The molecule has 0 aliphatic carbocycles. The van der Waals surface area contributed by atoms with Crippen LogP contribution in [0, 0.1) is 0 Å². The molecule has 0 saturated carbocycles. The van der Waals surface area contributed by atoms with Gasteiger partial charge in [-0.1, -0.05) is 6.58 Å². The summed E-state index contributed by atoms with van der Waals surface area (Å²) < 4.78 is 20.0. The first-order valence-corrected chi connectivity index (χ1v) is 5.19. The Bertz CT molecular complexity index is 316. The maximum absolute atomic E-state index is 11.4. The first-order valence-electron chi connectivity index (χ1n) is 5.19. The normalized spacial score (nSPS) is 23.9. The van der Waals surface area contributed by atoms with Crippen LogP contribution in [0.1, 0.15) is 13.8 Å². The van der Waals surface area contributed by atoms with E-state index in [9.17, 15) is 9.59 Å². The zero-order valence-corrected chi connectivity index (χ0v) is 9.99. The van der Waals surface area contributed by atoms with Crippen LogP contribution in [-0.4, -0.2) is 44.2 Å². The molecule has 1 unspecified atom stereocenters. The lowest BCUT2D eigenvalue weighted by Gasteiger charge is -2.32. The first-order chi connectivity index (χ1) is 7.93. The van der Waals surface area contributed by atoms with Crippen molar-refractivity contribution in [1.29, 1.82) is 0 Å². The largest absolute Gasteiger partial charge is 0.450 e. The molecule has 0 N–H and O–H groups in total. The molecular formula is C11H16O6. The number of esters is 2. The number of carbonyl (C=O) groups is 2. The van der Waals surface area contributed by atoms with E-state index in [4.69, 9.17) is 14.2 Å². The van der Waals surface area contributed by atoms with Crippen LogP contribution in [0.15, 0.2) is 12.2 Å². The Kier molecular flexibility index (Phi) is 4.65. The SMILES string of the molecule is C=C(C)C(=O)OCC(=O)OC1(C)COCCO1. The van der Waals surface area contributed by atoms with Crippen LogP contribution in [-0.2, 0) is 28.5 Å². The van der Waals surface area contributed by atoms with Gasteiger partial charge < -0.3 is 18.9 Å². The highest BCUT2D eigenvalue weighted by atomic mass is 16.7. The highest BCUT2D eigenvalue weighted by Gasteiger charge is 2.33. The third-order valence-electron chi connectivity index (χ3n) is 2.00. The minimum absolute atomic E-state index is 0.160. The first kappa shape index (κ1) is 13.7. The molecule has 1 rings (SSSR count). The molecule has 0 bridgehead atoms. The Labute approximate surface area is 99.5 Å². The van der Waals surface area contributed by atoms with Crippen molar-refractivity contribution in [2.75, 3.05) is 26.4 Å². The van der Waals surface area contributed by atoms with Crippen LogP contribution in [0.2, 0.25) is 0 Å². The monoisotopic (exact) mass is 244 g/mol. The summed E-state index contributed by atoms with van der Waals surface area (Å²) in [6, 6.07) is 0. The Hall–Kier alpha value is -1.40. The molecule has 0 aromatic heterocycles. The van der Waals surface area contributed by atoms with Gasteiger partial charge in [-0.2, -0.15) is 0 Å². The number of rotatable bonds is 4. The van der Waals surface area contributed by atoms with Crippen LogP contribution in [0.3, 0.4) is 0 Å². The topological polar surface area (TPSA) is 71.1 Å². The second kappa shape index (κ2) is 5.79. The molecule has 0 radical (unpaired) electrons. The molecule has 96 valence electrons. The molecule has 0 amide bonds. The van der Waals surface area contributed by atoms with Gasteiger partial charge in [0.2, 0.25) is 5.79 Å². The second-order valence-electron chi connectivity index (χ2n) is 3.87. The van der Waals surface area contributed by atoms with Crippen LogP contribution in [0.4, 0.5) is 0 Å². The summed E-state index contributed by atoms with van der Waals surface area (Å²) in [6.45, 7) is 6.99. The van der Waals surface area contributed by atoms with Gasteiger partial charge in [-0.15, -0.1) is 0 Å². The maximum atomic E-state index is 11.4. The van der Waals surface area contributed by atoms with Gasteiger partial charge >= 0.3 is 11.9 Å². The minimum atomic E-state index is -1.11. The Balaban J connectivity index is 2.33. The number of carbonyl (C=O) groups excluding carboxylic acids is 2. The van der Waals surface area contributed by atoms with Crippen molar-refractivity contribution in [1.82, 2.24) is 0 Å². The smallest absolute Gasteiger partial charge is 0.346 e. The van der Waals surface area contributed by atoms with Crippen LogP contribution >= 0.6 is 0 Å². The van der Waals surface area contributed by atoms with Crippen molar-refractivity contribution in [2.24, 2.45) is 0 Å². The predicted molar refractivity (Wildman–Crippen MR) is 57.0 cm³/mol. The van der Waals surface area contributed by atoms with Crippen molar-refractivity contribution in [2.45, 2.75) is 19.6 Å². The van der Waals surface area contributed by atoms with Gasteiger partial charge in [-0.25, -0.2) is 9.59 Å². The lowest BCUT2D eigenvalue weighted by Crippen LogP contribution is -2.45. The van der Waals surface area contributed by atoms with Gasteiger partial charge in [0.15, 0.2) is 6.61 Å². The van der Waals surface area contributed by atoms with Crippen molar-refractivity contribution < 1.29 is 28.5 Å². The molecule has 1 aliphatic rings. The van der Waals surface area contributed by atoms with E-state index in [1.807, 2.05) is 0 Å². The molecule has 17 heavy (non-hydrogen) atoms. The summed E-state index contributed by atoms with van der Waals surface area (Å²) in [7, 11) is 0. The van der Waals surface area contributed by atoms with E-state index in [0.29, 0.717) is 13.2 Å². The number of ether oxygens (including phenoxy) is 4. The van der Waals surface area contributed by atoms with Crippen molar-refractivity contribution in [3.05, 3.63) is 12.2 Å². The summed E-state index contributed by atoms with van der Waals surface area (Å²) >= 11 is 0. The van der Waals surface area contributed by atoms with E-state index in [-0.39, 0.29) is 12.2 Å². The number of hydrogen-bond acceptors (Lipinski definition) is 6. The summed E-state index contributed by atoms with van der Waals surface area (Å²) in [5.41, 5.74) is 0.223. The molecular weight excluding hydrogens is 228 g/mol. The second-order valence-corrected chi connectivity index (χ2v) is 3.87. The summed E-state index contributed by atoms with van der Waals surface area (Å²) in [5, 5.41) is 0. The van der Waals surface area contributed by atoms with Crippen LogP contribution in [0.5, 0.6) is 0 Å². The van der Waals surface area contributed by atoms with Crippen molar-refractivity contribution in [3.63, 3.8) is 0 Å². The van der Waals surface area contributed by atoms with Crippen molar-refractivity contribution in [3.8, 4) is 0 Å². The summed E-state index contributed by atoms with van der Waals surface area (Å²) in [5.74, 6) is -2.43. The van der Waals surface area contributed by atoms with E-state index < -0.39 is 24.3 Å². The average molecular weight is 244 g/mol. The van der Waals surface area contributed by atoms with Gasteiger partial charge in [0.1, 0.15) is 6.61 Å². The fourth-order valence-corrected chi connectivity index (χ4v) is 1.19. The van der Waals surface area contributed by atoms with Crippen LogP contribution in [0.25, 0.3) is 0 Å². The quantitative estimate of drug-likeness (QED) is 0.527. The van der Waals surface area contributed by atoms with Gasteiger partial charge in [0, 0.05) is 12.5 Å². The highest BCUT2D eigenvalue weighted by molar-refractivity contribution is 5.88. The summed E-state index contributed by atoms with van der Waals surface area (Å²) in [4.78, 5) is 22.4. The van der Waals surface area contributed by atoms with E-state index in [1.54, 1.807) is 6.92 Å². The maximum Gasteiger partial charge on any atom is 0.346 e. The molecule has 0 spiro atoms. The fourth-order valence-electron chi connectivity index (χ4n) is 1.19. The van der Waals surface area contributed by atoms with Gasteiger partial charge in [0.05, 0.1) is 13.2 Å². The molecule has 1 fully saturated rings. The predicted octanol–water partition coefficient (Wildman–Crippen LogP) is 0.412. The van der Waals surface area contributed by atoms with Crippen LogP contribution < -0.4 is 0 Å². The molecule has 1 heterocycles. The van der Waals surface area contributed by atoms with E-state index in [2.05, 4.69) is 11.3 Å². The Morgan fingerprint density at radius 1 is 1.41 bits per heavy atom. The van der Waals surface area contributed by atoms with Crippen molar-refractivity contribution >= 4 is 11.9 Å².